The van der Waals surface area contributed by atoms with E-state index in [1.54, 1.807) is 6.07 Å². The van der Waals surface area contributed by atoms with Crippen LogP contribution < -0.4 is 5.56 Å². The van der Waals surface area contributed by atoms with E-state index in [2.05, 4.69) is 4.98 Å². The predicted octanol–water partition coefficient (Wildman–Crippen LogP) is 1.45. The van der Waals surface area contributed by atoms with Crippen LogP contribution in [0.2, 0.25) is 0 Å². The van der Waals surface area contributed by atoms with E-state index in [1.165, 1.54) is 24.4 Å². The molecule has 0 aliphatic carbocycles. The highest BCUT2D eigenvalue weighted by Crippen LogP contribution is 2.26. The second-order valence-electron chi connectivity index (χ2n) is 4.29. The average Bonchev–Trinajstić information content (AvgIpc) is 2.46. The molecule has 0 atom stereocenters. The second kappa shape index (κ2) is 4.37. The third-order valence-corrected chi connectivity index (χ3v) is 3.13. The van der Waals surface area contributed by atoms with E-state index < -0.39 is 22.0 Å². The molecule has 0 bridgehead atoms. The van der Waals surface area contributed by atoms with E-state index in [-0.39, 0.29) is 11.3 Å². The molecular weight excluding hydrogens is 278 g/mol. The topological polar surface area (TPSA) is 115 Å². The zero-order valence-corrected chi connectivity index (χ0v) is 10.4. The molecule has 3 rings (SSSR count). The first-order valence-corrected chi connectivity index (χ1v) is 5.81. The maximum absolute atomic E-state index is 12.0. The molecule has 0 amide bonds. The molecule has 0 aliphatic heterocycles. The summed E-state index contributed by atoms with van der Waals surface area (Å²) in [5, 5.41) is 20.6. The van der Waals surface area contributed by atoms with E-state index in [0.29, 0.717) is 10.8 Å². The SMILES string of the molecule is O=C(O)c1cnc2c3cccc([N+](=O)[O-])c3ccn2c1=O. The number of pyridine rings is 1. The summed E-state index contributed by atoms with van der Waals surface area (Å²) in [6.07, 6.45) is 2.24. The first-order chi connectivity index (χ1) is 10.0. The Morgan fingerprint density at radius 3 is 2.71 bits per heavy atom. The molecule has 2 aromatic heterocycles. The van der Waals surface area contributed by atoms with Crippen molar-refractivity contribution in [2.75, 3.05) is 0 Å². The second-order valence-corrected chi connectivity index (χ2v) is 4.29. The van der Waals surface area contributed by atoms with E-state index >= 15 is 0 Å². The minimum atomic E-state index is -1.37. The summed E-state index contributed by atoms with van der Waals surface area (Å²) in [4.78, 5) is 37.4. The van der Waals surface area contributed by atoms with Gasteiger partial charge in [-0.2, -0.15) is 0 Å². The van der Waals surface area contributed by atoms with Gasteiger partial charge in [0, 0.05) is 23.8 Å². The summed E-state index contributed by atoms with van der Waals surface area (Å²) in [7, 11) is 0. The molecule has 8 heteroatoms. The number of aromatic carboxylic acids is 1. The van der Waals surface area contributed by atoms with E-state index in [1.807, 2.05) is 0 Å². The Hall–Kier alpha value is -3.29. The molecule has 21 heavy (non-hydrogen) atoms. The van der Waals surface area contributed by atoms with Crippen LogP contribution in [-0.4, -0.2) is 25.4 Å². The van der Waals surface area contributed by atoms with Gasteiger partial charge in [0.2, 0.25) is 0 Å². The Balaban J connectivity index is 2.49. The molecule has 8 nitrogen and oxygen atoms in total. The monoisotopic (exact) mass is 285 g/mol. The molecule has 1 aromatic carbocycles. The van der Waals surface area contributed by atoms with Crippen molar-refractivity contribution in [3.63, 3.8) is 0 Å². The average molecular weight is 285 g/mol. The minimum absolute atomic E-state index is 0.105. The number of nitrogens with zero attached hydrogens (tertiary/aromatic N) is 3. The number of benzene rings is 1. The van der Waals surface area contributed by atoms with E-state index in [4.69, 9.17) is 5.11 Å². The number of carboxylic acids is 1. The van der Waals surface area contributed by atoms with Gasteiger partial charge in [-0.05, 0) is 6.07 Å². The van der Waals surface area contributed by atoms with Crippen LogP contribution in [0.1, 0.15) is 10.4 Å². The zero-order chi connectivity index (χ0) is 15.1. The number of aromatic nitrogens is 2. The third-order valence-electron chi connectivity index (χ3n) is 3.13. The highest BCUT2D eigenvalue weighted by atomic mass is 16.6. The summed E-state index contributed by atoms with van der Waals surface area (Å²) in [6, 6.07) is 5.82. The van der Waals surface area contributed by atoms with Crippen molar-refractivity contribution >= 4 is 28.1 Å². The molecule has 3 aromatic rings. The molecule has 0 saturated carbocycles. The van der Waals surface area contributed by atoms with Crippen molar-refractivity contribution in [1.82, 2.24) is 9.38 Å². The molecule has 2 heterocycles. The molecule has 1 N–H and O–H groups in total. The Labute approximate surface area is 116 Å². The van der Waals surface area contributed by atoms with Gasteiger partial charge in [-0.3, -0.25) is 19.3 Å². The smallest absolute Gasteiger partial charge is 0.342 e. The van der Waals surface area contributed by atoms with Gasteiger partial charge in [0.15, 0.2) is 0 Å². The van der Waals surface area contributed by atoms with Gasteiger partial charge in [-0.25, -0.2) is 9.78 Å². The fourth-order valence-electron chi connectivity index (χ4n) is 2.18. The standard InChI is InChI=1S/C13H7N3O5/c17-12-9(13(18)19)6-14-11-8-2-1-3-10(16(20)21)7(8)4-5-15(11)12/h1-6H,(H,18,19). The lowest BCUT2D eigenvalue weighted by atomic mass is 10.1. The molecule has 0 unspecified atom stereocenters. The molecule has 0 spiro atoms. The van der Waals surface area contributed by atoms with Crippen molar-refractivity contribution in [2.24, 2.45) is 0 Å². The van der Waals surface area contributed by atoms with Crippen molar-refractivity contribution in [2.45, 2.75) is 0 Å². The van der Waals surface area contributed by atoms with Crippen LogP contribution in [0.3, 0.4) is 0 Å². The van der Waals surface area contributed by atoms with Crippen molar-refractivity contribution in [3.05, 3.63) is 62.7 Å². The number of nitro groups is 1. The molecule has 0 fully saturated rings. The Bertz CT molecular complexity index is 977. The van der Waals surface area contributed by atoms with E-state index in [9.17, 15) is 19.7 Å². The van der Waals surface area contributed by atoms with Gasteiger partial charge in [-0.15, -0.1) is 0 Å². The summed E-state index contributed by atoms with van der Waals surface area (Å²) < 4.78 is 1.06. The van der Waals surface area contributed by atoms with Crippen LogP contribution in [0.15, 0.2) is 41.5 Å². The first-order valence-electron chi connectivity index (χ1n) is 5.81. The normalized spacial score (nSPS) is 10.9. The number of carbonyl (C=O) groups is 1. The third kappa shape index (κ3) is 1.81. The van der Waals surface area contributed by atoms with Gasteiger partial charge in [-0.1, -0.05) is 12.1 Å². The molecular formula is C13H7N3O5. The molecule has 0 radical (unpaired) electrons. The molecule has 0 aliphatic rings. The Kier molecular flexibility index (Phi) is 2.65. The summed E-state index contributed by atoms with van der Waals surface area (Å²) in [5.41, 5.74) is -1.13. The van der Waals surface area contributed by atoms with Crippen molar-refractivity contribution < 1.29 is 14.8 Å². The fraction of sp³-hybridized carbons (Fsp3) is 0. The maximum Gasteiger partial charge on any atom is 0.342 e. The number of carboxylic acid groups (broad SMARTS) is 1. The van der Waals surface area contributed by atoms with Crippen LogP contribution >= 0.6 is 0 Å². The highest BCUT2D eigenvalue weighted by Gasteiger charge is 2.16. The maximum atomic E-state index is 12.0. The van der Waals surface area contributed by atoms with Gasteiger partial charge < -0.3 is 5.11 Å². The number of nitro benzene ring substituents is 1. The Morgan fingerprint density at radius 2 is 2.05 bits per heavy atom. The summed E-state index contributed by atoms with van der Waals surface area (Å²) in [5.74, 6) is -1.37. The van der Waals surface area contributed by atoms with E-state index in [0.717, 1.165) is 10.6 Å². The van der Waals surface area contributed by atoms with Crippen LogP contribution in [0.5, 0.6) is 0 Å². The lowest BCUT2D eigenvalue weighted by Crippen LogP contribution is -2.22. The van der Waals surface area contributed by atoms with Gasteiger partial charge in [0.25, 0.3) is 11.2 Å². The Morgan fingerprint density at radius 1 is 1.29 bits per heavy atom. The fourth-order valence-corrected chi connectivity index (χ4v) is 2.18. The first kappa shape index (κ1) is 12.7. The van der Waals surface area contributed by atoms with Crippen molar-refractivity contribution in [3.8, 4) is 0 Å². The number of rotatable bonds is 2. The van der Waals surface area contributed by atoms with Gasteiger partial charge in [0.05, 0.1) is 10.3 Å². The summed E-state index contributed by atoms with van der Waals surface area (Å²) >= 11 is 0. The van der Waals surface area contributed by atoms with Crippen LogP contribution in [0.4, 0.5) is 5.69 Å². The largest absolute Gasteiger partial charge is 0.477 e. The number of non-ortho nitro benzene ring substituents is 1. The highest BCUT2D eigenvalue weighted by molar-refractivity contribution is 5.99. The number of fused-ring (bicyclic) bond motifs is 3. The quantitative estimate of drug-likeness (QED) is 0.433. The number of hydrogen-bond donors (Lipinski definition) is 1. The molecule has 104 valence electrons. The van der Waals surface area contributed by atoms with Crippen LogP contribution in [0, 0.1) is 10.1 Å². The lowest BCUT2D eigenvalue weighted by molar-refractivity contribution is -0.383. The van der Waals surface area contributed by atoms with Gasteiger partial charge in [0.1, 0.15) is 11.2 Å². The zero-order valence-electron chi connectivity index (χ0n) is 10.4. The van der Waals surface area contributed by atoms with Crippen LogP contribution in [-0.2, 0) is 0 Å². The van der Waals surface area contributed by atoms with Crippen LogP contribution in [0.25, 0.3) is 16.4 Å². The lowest BCUT2D eigenvalue weighted by Gasteiger charge is -2.05. The molecule has 0 saturated heterocycles. The minimum Gasteiger partial charge on any atom is -0.477 e. The van der Waals surface area contributed by atoms with Gasteiger partial charge >= 0.3 is 5.97 Å². The van der Waals surface area contributed by atoms with Crippen molar-refractivity contribution in [1.29, 1.82) is 0 Å². The number of hydrogen-bond acceptors (Lipinski definition) is 5. The summed E-state index contributed by atoms with van der Waals surface area (Å²) in [6.45, 7) is 0. The predicted molar refractivity (Wildman–Crippen MR) is 72.6 cm³/mol.